The molecule has 1 aromatic rings. The van der Waals surface area contributed by atoms with Crippen LogP contribution in [0, 0.1) is 5.92 Å². The van der Waals surface area contributed by atoms with Crippen LogP contribution in [0.15, 0.2) is 28.7 Å². The van der Waals surface area contributed by atoms with Gasteiger partial charge in [-0.3, -0.25) is 4.79 Å². The lowest BCUT2D eigenvalue weighted by molar-refractivity contribution is -0.133. The molecule has 1 heterocycles. The van der Waals surface area contributed by atoms with Crippen molar-refractivity contribution in [2.24, 2.45) is 11.7 Å². The summed E-state index contributed by atoms with van der Waals surface area (Å²) in [5, 5.41) is 0. The predicted octanol–water partition coefficient (Wildman–Crippen LogP) is 3.53. The molecule has 0 aliphatic carbocycles. The Labute approximate surface area is 136 Å². The number of nitrogens with zero attached hydrogens (tertiary/aromatic N) is 1. The number of amides is 1. The molecule has 21 heavy (non-hydrogen) atoms. The number of benzene rings is 1. The molecular weight excluding hydrogens is 328 g/mol. The standard InChI is InChI=1S/C17H25BrN2O/c1-12(15-7-3-4-8-16(15)18)10-17(21)20-9-5-6-14(11-20)13(2)19/h3-4,7-8,12-14H,5-6,9-11,19H2,1-2H3/t12-,13-,14-/m1/s1. The lowest BCUT2D eigenvalue weighted by atomic mass is 9.91. The molecule has 1 saturated heterocycles. The lowest BCUT2D eigenvalue weighted by Gasteiger charge is -2.35. The molecule has 2 N–H and O–H groups in total. The molecule has 3 nitrogen and oxygen atoms in total. The zero-order valence-electron chi connectivity index (χ0n) is 12.9. The average molecular weight is 353 g/mol. The maximum Gasteiger partial charge on any atom is 0.223 e. The molecule has 1 aromatic carbocycles. The number of hydrogen-bond donors (Lipinski definition) is 1. The fraction of sp³-hybridized carbons (Fsp3) is 0.588. The molecule has 1 aliphatic rings. The van der Waals surface area contributed by atoms with Crippen LogP contribution in [0.1, 0.15) is 44.6 Å². The smallest absolute Gasteiger partial charge is 0.223 e. The summed E-state index contributed by atoms with van der Waals surface area (Å²) in [6, 6.07) is 8.31. The van der Waals surface area contributed by atoms with Crippen molar-refractivity contribution in [3.8, 4) is 0 Å². The first-order valence-corrected chi connectivity index (χ1v) is 8.56. The zero-order valence-corrected chi connectivity index (χ0v) is 14.5. The molecule has 1 fully saturated rings. The molecule has 3 atom stereocenters. The Kier molecular flexibility index (Phi) is 5.82. The van der Waals surface area contributed by atoms with E-state index in [1.54, 1.807) is 0 Å². The minimum absolute atomic E-state index is 0.168. The first kappa shape index (κ1) is 16.5. The van der Waals surface area contributed by atoms with Gasteiger partial charge in [0.15, 0.2) is 0 Å². The van der Waals surface area contributed by atoms with Crippen LogP contribution in [0.5, 0.6) is 0 Å². The number of piperidine rings is 1. The highest BCUT2D eigenvalue weighted by molar-refractivity contribution is 9.10. The lowest BCUT2D eigenvalue weighted by Crippen LogP contribution is -2.45. The highest BCUT2D eigenvalue weighted by Crippen LogP contribution is 2.28. The van der Waals surface area contributed by atoms with Gasteiger partial charge < -0.3 is 10.6 Å². The van der Waals surface area contributed by atoms with Gasteiger partial charge in [0, 0.05) is 30.0 Å². The van der Waals surface area contributed by atoms with Crippen molar-refractivity contribution in [3.05, 3.63) is 34.3 Å². The van der Waals surface area contributed by atoms with Gasteiger partial charge in [0.1, 0.15) is 0 Å². The summed E-state index contributed by atoms with van der Waals surface area (Å²) in [5.41, 5.74) is 7.20. The van der Waals surface area contributed by atoms with E-state index in [4.69, 9.17) is 5.73 Å². The zero-order chi connectivity index (χ0) is 15.4. The van der Waals surface area contributed by atoms with Crippen LogP contribution in [0.25, 0.3) is 0 Å². The Hall–Kier alpha value is -0.870. The van der Waals surface area contributed by atoms with Crippen LogP contribution in [0.4, 0.5) is 0 Å². The molecule has 2 rings (SSSR count). The van der Waals surface area contributed by atoms with E-state index in [0.29, 0.717) is 12.3 Å². The normalized spacial score (nSPS) is 21.9. The second kappa shape index (κ2) is 7.41. The van der Waals surface area contributed by atoms with Crippen LogP contribution in [-0.4, -0.2) is 29.9 Å². The number of likely N-dealkylation sites (tertiary alicyclic amines) is 1. The van der Waals surface area contributed by atoms with E-state index in [1.807, 2.05) is 30.0 Å². The number of hydrogen-bond acceptors (Lipinski definition) is 2. The van der Waals surface area contributed by atoms with Gasteiger partial charge in [-0.2, -0.15) is 0 Å². The number of rotatable bonds is 4. The third-order valence-electron chi connectivity index (χ3n) is 4.47. The van der Waals surface area contributed by atoms with Gasteiger partial charge in [0.05, 0.1) is 0 Å². The summed E-state index contributed by atoms with van der Waals surface area (Å²) in [7, 11) is 0. The monoisotopic (exact) mass is 352 g/mol. The molecule has 4 heteroatoms. The number of carbonyl (C=O) groups is 1. The molecule has 1 aliphatic heterocycles. The van der Waals surface area contributed by atoms with Crippen LogP contribution in [-0.2, 0) is 4.79 Å². The van der Waals surface area contributed by atoms with Gasteiger partial charge in [-0.1, -0.05) is 41.1 Å². The first-order valence-electron chi connectivity index (χ1n) is 7.76. The predicted molar refractivity (Wildman–Crippen MR) is 90.1 cm³/mol. The Morgan fingerprint density at radius 1 is 1.43 bits per heavy atom. The fourth-order valence-corrected chi connectivity index (χ4v) is 3.72. The molecule has 0 unspecified atom stereocenters. The van der Waals surface area contributed by atoms with Gasteiger partial charge in [0.25, 0.3) is 0 Å². The first-order chi connectivity index (χ1) is 9.99. The van der Waals surface area contributed by atoms with E-state index < -0.39 is 0 Å². The van der Waals surface area contributed by atoms with Gasteiger partial charge in [-0.05, 0) is 43.2 Å². The second-order valence-corrected chi connectivity index (χ2v) is 7.08. The van der Waals surface area contributed by atoms with Crippen LogP contribution < -0.4 is 5.73 Å². The van der Waals surface area contributed by atoms with Gasteiger partial charge in [-0.25, -0.2) is 0 Å². The highest BCUT2D eigenvalue weighted by atomic mass is 79.9. The molecule has 0 radical (unpaired) electrons. The summed E-state index contributed by atoms with van der Waals surface area (Å²) in [5.74, 6) is 0.925. The largest absolute Gasteiger partial charge is 0.342 e. The average Bonchev–Trinajstić information content (AvgIpc) is 2.47. The quantitative estimate of drug-likeness (QED) is 0.900. The minimum Gasteiger partial charge on any atom is -0.342 e. The molecule has 0 saturated carbocycles. The Morgan fingerprint density at radius 3 is 2.81 bits per heavy atom. The maximum atomic E-state index is 12.5. The van der Waals surface area contributed by atoms with Crippen LogP contribution >= 0.6 is 15.9 Å². The Balaban J connectivity index is 1.96. The summed E-state index contributed by atoms with van der Waals surface area (Å²) in [6.45, 7) is 5.86. The minimum atomic E-state index is 0.168. The fourth-order valence-electron chi connectivity index (χ4n) is 3.04. The number of carbonyl (C=O) groups excluding carboxylic acids is 1. The maximum absolute atomic E-state index is 12.5. The third-order valence-corrected chi connectivity index (χ3v) is 5.19. The van der Waals surface area contributed by atoms with E-state index in [9.17, 15) is 4.79 Å². The van der Waals surface area contributed by atoms with E-state index >= 15 is 0 Å². The molecule has 0 spiro atoms. The van der Waals surface area contributed by atoms with Crippen molar-refractivity contribution in [3.63, 3.8) is 0 Å². The van der Waals surface area contributed by atoms with Crippen LogP contribution in [0.3, 0.4) is 0 Å². The van der Waals surface area contributed by atoms with Gasteiger partial charge in [-0.15, -0.1) is 0 Å². The van der Waals surface area contributed by atoms with Crippen molar-refractivity contribution < 1.29 is 4.79 Å². The van der Waals surface area contributed by atoms with Crippen molar-refractivity contribution in [1.82, 2.24) is 4.90 Å². The SMILES string of the molecule is C[C@H](CC(=O)N1CCC[C@@H]([C@@H](C)N)C1)c1ccccc1Br. The van der Waals surface area contributed by atoms with E-state index in [-0.39, 0.29) is 17.9 Å². The van der Waals surface area contributed by atoms with Gasteiger partial charge >= 0.3 is 0 Å². The van der Waals surface area contributed by atoms with E-state index in [0.717, 1.165) is 30.4 Å². The van der Waals surface area contributed by atoms with Crippen molar-refractivity contribution in [2.75, 3.05) is 13.1 Å². The summed E-state index contributed by atoms with van der Waals surface area (Å²) >= 11 is 3.57. The second-order valence-electron chi connectivity index (χ2n) is 6.23. The molecule has 116 valence electrons. The third kappa shape index (κ3) is 4.30. The summed E-state index contributed by atoms with van der Waals surface area (Å²) < 4.78 is 1.08. The molecule has 1 amide bonds. The van der Waals surface area contributed by atoms with Crippen molar-refractivity contribution in [1.29, 1.82) is 0 Å². The molecular formula is C17H25BrN2O. The van der Waals surface area contributed by atoms with Crippen LogP contribution in [0.2, 0.25) is 0 Å². The Morgan fingerprint density at radius 2 is 2.14 bits per heavy atom. The molecule has 0 bridgehead atoms. The van der Waals surface area contributed by atoms with E-state index in [1.165, 1.54) is 5.56 Å². The topological polar surface area (TPSA) is 46.3 Å². The Bertz CT molecular complexity index is 489. The number of nitrogens with two attached hydrogens (primary N) is 1. The summed E-state index contributed by atoms with van der Waals surface area (Å²) in [6.07, 6.45) is 2.77. The summed E-state index contributed by atoms with van der Waals surface area (Å²) in [4.78, 5) is 14.5. The van der Waals surface area contributed by atoms with Gasteiger partial charge in [0.2, 0.25) is 5.91 Å². The number of halogens is 1. The highest BCUT2D eigenvalue weighted by Gasteiger charge is 2.26. The van der Waals surface area contributed by atoms with Crippen molar-refractivity contribution in [2.45, 2.75) is 45.1 Å². The van der Waals surface area contributed by atoms with E-state index in [2.05, 4.69) is 28.9 Å². The molecule has 0 aromatic heterocycles. The van der Waals surface area contributed by atoms with Crippen molar-refractivity contribution >= 4 is 21.8 Å².